The van der Waals surface area contributed by atoms with Crippen molar-refractivity contribution in [2.24, 2.45) is 5.16 Å². The number of aryl methyl sites for hydroxylation is 2. The van der Waals surface area contributed by atoms with Crippen LogP contribution in [-0.2, 0) is 26.1 Å². The highest BCUT2D eigenvalue weighted by Crippen LogP contribution is 2.20. The van der Waals surface area contributed by atoms with E-state index in [1.807, 2.05) is 62.4 Å². The van der Waals surface area contributed by atoms with Crippen LogP contribution in [0.3, 0.4) is 0 Å². The number of benzene rings is 3. The van der Waals surface area contributed by atoms with Crippen molar-refractivity contribution in [3.63, 3.8) is 0 Å². The molecule has 3 aromatic carbocycles. The standard InChI is InChI=1S/C26H28N2O5S/c1-19-8-12-21(13-9-19)26(22-14-10-20(2)11-15-22)27-33-17-16-28(3)34(31,32)24-7-5-4-6-23(24)18-25(29)30/h4-15H,16-18H2,1-3H3,(H,29,30). The van der Waals surface area contributed by atoms with Gasteiger partial charge in [-0.15, -0.1) is 0 Å². The van der Waals surface area contributed by atoms with Crippen LogP contribution in [0.15, 0.2) is 82.8 Å². The number of oxime groups is 1. The van der Waals surface area contributed by atoms with Crippen LogP contribution in [0.1, 0.15) is 27.8 Å². The molecule has 0 saturated carbocycles. The van der Waals surface area contributed by atoms with E-state index in [2.05, 4.69) is 5.16 Å². The Morgan fingerprint density at radius 2 is 1.44 bits per heavy atom. The third kappa shape index (κ3) is 6.30. The van der Waals surface area contributed by atoms with Crippen molar-refractivity contribution < 1.29 is 23.2 Å². The summed E-state index contributed by atoms with van der Waals surface area (Å²) in [7, 11) is -2.46. The van der Waals surface area contributed by atoms with Crippen LogP contribution >= 0.6 is 0 Å². The molecule has 0 amide bonds. The fraction of sp³-hybridized carbons (Fsp3) is 0.231. The Hall–Kier alpha value is -3.49. The number of carboxylic acid groups (broad SMARTS) is 1. The first kappa shape index (κ1) is 25.1. The zero-order chi connectivity index (χ0) is 24.7. The van der Waals surface area contributed by atoms with Crippen LogP contribution < -0.4 is 0 Å². The van der Waals surface area contributed by atoms with E-state index in [1.165, 1.54) is 19.2 Å². The Morgan fingerprint density at radius 1 is 0.912 bits per heavy atom. The maximum atomic E-state index is 13.0. The van der Waals surface area contributed by atoms with Crippen LogP contribution in [0.4, 0.5) is 0 Å². The van der Waals surface area contributed by atoms with Crippen molar-refractivity contribution in [1.29, 1.82) is 0 Å². The van der Waals surface area contributed by atoms with E-state index in [-0.39, 0.29) is 30.0 Å². The number of nitrogens with zero attached hydrogens (tertiary/aromatic N) is 2. The van der Waals surface area contributed by atoms with Crippen molar-refractivity contribution in [3.05, 3.63) is 101 Å². The molecule has 0 spiro atoms. The number of rotatable bonds is 10. The molecule has 0 radical (unpaired) electrons. The van der Waals surface area contributed by atoms with Crippen molar-refractivity contribution in [3.8, 4) is 0 Å². The van der Waals surface area contributed by atoms with E-state index in [0.29, 0.717) is 5.71 Å². The number of aliphatic carboxylic acids is 1. The summed E-state index contributed by atoms with van der Waals surface area (Å²) in [5, 5.41) is 13.4. The Labute approximate surface area is 200 Å². The van der Waals surface area contributed by atoms with Gasteiger partial charge in [0.2, 0.25) is 10.0 Å². The van der Waals surface area contributed by atoms with Crippen molar-refractivity contribution in [1.82, 2.24) is 4.31 Å². The highest BCUT2D eigenvalue weighted by atomic mass is 32.2. The topological polar surface area (TPSA) is 96.3 Å². The highest BCUT2D eigenvalue weighted by Gasteiger charge is 2.24. The highest BCUT2D eigenvalue weighted by molar-refractivity contribution is 7.89. The fourth-order valence-electron chi connectivity index (χ4n) is 3.33. The molecule has 0 fully saturated rings. The predicted molar refractivity (Wildman–Crippen MR) is 132 cm³/mol. The smallest absolute Gasteiger partial charge is 0.307 e. The summed E-state index contributed by atoms with van der Waals surface area (Å²) in [5.74, 6) is -1.09. The lowest BCUT2D eigenvalue weighted by Crippen LogP contribution is -2.31. The van der Waals surface area contributed by atoms with Crippen LogP contribution in [0.2, 0.25) is 0 Å². The molecule has 34 heavy (non-hydrogen) atoms. The van der Waals surface area contributed by atoms with Crippen LogP contribution in [0, 0.1) is 13.8 Å². The summed E-state index contributed by atoms with van der Waals surface area (Å²) in [5.41, 5.74) is 4.92. The van der Waals surface area contributed by atoms with Crippen molar-refractivity contribution >= 4 is 21.7 Å². The molecule has 0 heterocycles. The summed E-state index contributed by atoms with van der Waals surface area (Å²) >= 11 is 0. The van der Waals surface area contributed by atoms with Gasteiger partial charge in [0, 0.05) is 18.2 Å². The van der Waals surface area contributed by atoms with Crippen molar-refractivity contribution in [2.75, 3.05) is 20.2 Å². The van der Waals surface area contributed by atoms with E-state index in [1.54, 1.807) is 12.1 Å². The fourth-order valence-corrected chi connectivity index (χ4v) is 4.70. The minimum absolute atomic E-state index is 0.0246. The average Bonchev–Trinajstić information content (AvgIpc) is 2.80. The zero-order valence-corrected chi connectivity index (χ0v) is 20.2. The molecule has 0 aromatic heterocycles. The zero-order valence-electron chi connectivity index (χ0n) is 19.4. The molecule has 3 aromatic rings. The second-order valence-corrected chi connectivity index (χ2v) is 10.0. The molecule has 0 unspecified atom stereocenters. The number of hydrogen-bond acceptors (Lipinski definition) is 5. The summed E-state index contributed by atoms with van der Waals surface area (Å²) in [6.07, 6.45) is -0.375. The van der Waals surface area contributed by atoms with Gasteiger partial charge in [0.15, 0.2) is 0 Å². The van der Waals surface area contributed by atoms with E-state index in [0.717, 1.165) is 26.6 Å². The Balaban J connectivity index is 1.75. The third-order valence-electron chi connectivity index (χ3n) is 5.31. The number of hydrogen-bond donors (Lipinski definition) is 1. The third-order valence-corrected chi connectivity index (χ3v) is 7.26. The van der Waals surface area contributed by atoms with Crippen LogP contribution in [-0.4, -0.2) is 49.7 Å². The van der Waals surface area contributed by atoms with Gasteiger partial charge in [-0.25, -0.2) is 8.42 Å². The minimum atomic E-state index is -3.89. The molecule has 0 aliphatic rings. The molecular weight excluding hydrogens is 452 g/mol. The van der Waals surface area contributed by atoms with Gasteiger partial charge in [-0.1, -0.05) is 83.0 Å². The van der Waals surface area contributed by atoms with E-state index < -0.39 is 16.0 Å². The second-order valence-electron chi connectivity index (χ2n) is 8.01. The summed E-state index contributed by atoms with van der Waals surface area (Å²) in [6.45, 7) is 4.09. The predicted octanol–water partition coefficient (Wildman–Crippen LogP) is 4.02. The van der Waals surface area contributed by atoms with Crippen molar-refractivity contribution in [2.45, 2.75) is 25.2 Å². The van der Waals surface area contributed by atoms with Crippen LogP contribution in [0.5, 0.6) is 0 Å². The lowest BCUT2D eigenvalue weighted by molar-refractivity contribution is -0.136. The molecular formula is C26H28N2O5S. The molecule has 0 saturated heterocycles. The van der Waals surface area contributed by atoms with Crippen LogP contribution in [0.25, 0.3) is 0 Å². The van der Waals surface area contributed by atoms with Gasteiger partial charge in [0.05, 0.1) is 17.9 Å². The van der Waals surface area contributed by atoms with Gasteiger partial charge in [0.1, 0.15) is 12.3 Å². The molecule has 0 bridgehead atoms. The molecule has 178 valence electrons. The number of carboxylic acids is 1. The number of likely N-dealkylation sites (N-methyl/N-ethyl adjacent to an activating group) is 1. The van der Waals surface area contributed by atoms with E-state index in [9.17, 15) is 13.2 Å². The van der Waals surface area contributed by atoms with Gasteiger partial charge in [-0.2, -0.15) is 4.31 Å². The maximum Gasteiger partial charge on any atom is 0.307 e. The second kappa shape index (κ2) is 11.1. The lowest BCUT2D eigenvalue weighted by atomic mass is 10.0. The Morgan fingerprint density at radius 3 is 1.97 bits per heavy atom. The van der Waals surface area contributed by atoms with Gasteiger partial charge in [-0.05, 0) is 25.5 Å². The minimum Gasteiger partial charge on any atom is -0.481 e. The largest absolute Gasteiger partial charge is 0.481 e. The van der Waals surface area contributed by atoms with E-state index in [4.69, 9.17) is 9.94 Å². The number of sulfonamides is 1. The van der Waals surface area contributed by atoms with Gasteiger partial charge in [0.25, 0.3) is 0 Å². The maximum absolute atomic E-state index is 13.0. The normalized spacial score (nSPS) is 11.3. The lowest BCUT2D eigenvalue weighted by Gasteiger charge is -2.18. The summed E-state index contributed by atoms with van der Waals surface area (Å²) in [6, 6.07) is 21.9. The van der Waals surface area contributed by atoms with E-state index >= 15 is 0 Å². The average molecular weight is 481 g/mol. The summed E-state index contributed by atoms with van der Waals surface area (Å²) < 4.78 is 27.2. The molecule has 0 aliphatic carbocycles. The molecule has 3 rings (SSSR count). The monoisotopic (exact) mass is 480 g/mol. The van der Waals surface area contributed by atoms with Gasteiger partial charge < -0.3 is 9.94 Å². The molecule has 1 N–H and O–H groups in total. The van der Waals surface area contributed by atoms with Gasteiger partial charge in [-0.3, -0.25) is 4.79 Å². The first-order chi connectivity index (χ1) is 16.2. The molecule has 7 nitrogen and oxygen atoms in total. The first-order valence-electron chi connectivity index (χ1n) is 10.8. The first-order valence-corrected chi connectivity index (χ1v) is 12.2. The van der Waals surface area contributed by atoms with Gasteiger partial charge >= 0.3 is 5.97 Å². The molecule has 8 heteroatoms. The SMILES string of the molecule is Cc1ccc(C(=NOCCN(C)S(=O)(=O)c2ccccc2CC(=O)O)c2ccc(C)cc2)cc1. The quantitative estimate of drug-likeness (QED) is 0.269. The summed E-state index contributed by atoms with van der Waals surface area (Å²) in [4.78, 5) is 16.6. The number of carbonyl (C=O) groups is 1. The molecule has 0 aliphatic heterocycles. The molecule has 0 atom stereocenters. The Bertz CT molecular complexity index is 1220. The Kier molecular flexibility index (Phi) is 8.20.